The van der Waals surface area contributed by atoms with Gasteiger partial charge in [-0.15, -0.1) is 0 Å². The molecule has 1 aliphatic heterocycles. The topological polar surface area (TPSA) is 62.9 Å². The summed E-state index contributed by atoms with van der Waals surface area (Å²) in [7, 11) is 1.69. The molecule has 6 nitrogen and oxygen atoms in total. The quantitative estimate of drug-likeness (QED) is 0.766. The van der Waals surface area contributed by atoms with E-state index in [4.69, 9.17) is 4.74 Å². The number of methoxy groups -OCH3 is 1. The zero-order valence-electron chi connectivity index (χ0n) is 16.1. The predicted molar refractivity (Wildman–Crippen MR) is 107 cm³/mol. The molecule has 27 heavy (non-hydrogen) atoms. The normalized spacial score (nSPS) is 15.7. The zero-order chi connectivity index (χ0) is 19.0. The number of hydrogen-bond donors (Lipinski definition) is 1. The summed E-state index contributed by atoms with van der Waals surface area (Å²) in [5, 5.41) is 14.4. The number of aliphatic hydroxyl groups is 1. The lowest BCUT2D eigenvalue weighted by atomic mass is 9.97. The summed E-state index contributed by atoms with van der Waals surface area (Å²) < 4.78 is 7.51. The Hall–Kier alpha value is -2.60. The summed E-state index contributed by atoms with van der Waals surface area (Å²) in [6.45, 7) is 6.01. The maximum absolute atomic E-state index is 9.79. The van der Waals surface area contributed by atoms with Crippen molar-refractivity contribution in [1.29, 1.82) is 0 Å². The Balaban J connectivity index is 1.81. The molecule has 4 rings (SSSR count). The number of rotatable bonds is 4. The van der Waals surface area contributed by atoms with Crippen LogP contribution in [0.4, 0.5) is 5.82 Å². The summed E-state index contributed by atoms with van der Waals surface area (Å²) in [5.74, 6) is 2.26. The molecule has 0 spiro atoms. The largest absolute Gasteiger partial charge is 0.496 e. The van der Waals surface area contributed by atoms with Gasteiger partial charge in [0.15, 0.2) is 5.65 Å². The van der Waals surface area contributed by atoms with Gasteiger partial charge in [0.05, 0.1) is 25.0 Å². The number of aromatic nitrogens is 3. The molecule has 1 aromatic carbocycles. The van der Waals surface area contributed by atoms with Crippen LogP contribution in [0.2, 0.25) is 0 Å². The first kappa shape index (κ1) is 17.8. The standard InChI is InChI=1S/C21H26N4O2/c1-14(2)15-4-5-19(27-3)17(12-15)18-13-23-25-20(6-9-22-21(18)25)24-10-7-16(26)8-11-24/h4-6,9,12-14,16,26H,7-8,10-11H2,1-3H3. The highest BCUT2D eigenvalue weighted by Crippen LogP contribution is 2.35. The second kappa shape index (κ2) is 7.19. The first-order chi connectivity index (χ1) is 13.1. The highest BCUT2D eigenvalue weighted by molar-refractivity contribution is 5.82. The fourth-order valence-electron chi connectivity index (χ4n) is 3.70. The molecule has 0 atom stereocenters. The van der Waals surface area contributed by atoms with E-state index >= 15 is 0 Å². The Kier molecular flexibility index (Phi) is 4.74. The van der Waals surface area contributed by atoms with Crippen molar-refractivity contribution in [2.75, 3.05) is 25.1 Å². The molecule has 1 aliphatic rings. The van der Waals surface area contributed by atoms with Crippen molar-refractivity contribution in [3.05, 3.63) is 42.2 Å². The van der Waals surface area contributed by atoms with Crippen LogP contribution in [0.1, 0.15) is 38.2 Å². The molecule has 0 radical (unpaired) electrons. The third-order valence-corrected chi connectivity index (χ3v) is 5.35. The molecule has 3 aromatic rings. The molecule has 0 aliphatic carbocycles. The van der Waals surface area contributed by atoms with Crippen LogP contribution >= 0.6 is 0 Å². The molecule has 0 unspecified atom stereocenters. The summed E-state index contributed by atoms with van der Waals surface area (Å²) in [4.78, 5) is 6.87. The average Bonchev–Trinajstić information content (AvgIpc) is 3.12. The lowest BCUT2D eigenvalue weighted by Gasteiger charge is -2.31. The molecule has 3 heterocycles. The lowest BCUT2D eigenvalue weighted by molar-refractivity contribution is 0.145. The van der Waals surface area contributed by atoms with E-state index in [0.717, 1.165) is 54.3 Å². The first-order valence-corrected chi connectivity index (χ1v) is 9.52. The summed E-state index contributed by atoms with van der Waals surface area (Å²) in [6, 6.07) is 8.29. The van der Waals surface area contributed by atoms with Crippen LogP contribution in [0.15, 0.2) is 36.7 Å². The van der Waals surface area contributed by atoms with Gasteiger partial charge in [-0.2, -0.15) is 9.61 Å². The molecule has 1 saturated heterocycles. The van der Waals surface area contributed by atoms with E-state index in [-0.39, 0.29) is 6.10 Å². The summed E-state index contributed by atoms with van der Waals surface area (Å²) in [5.41, 5.74) is 4.05. The lowest BCUT2D eigenvalue weighted by Crippen LogP contribution is -2.36. The van der Waals surface area contributed by atoms with Crippen molar-refractivity contribution in [1.82, 2.24) is 14.6 Å². The number of ether oxygens (including phenoxy) is 1. The van der Waals surface area contributed by atoms with Crippen LogP contribution in [-0.2, 0) is 0 Å². The summed E-state index contributed by atoms with van der Waals surface area (Å²) in [6.07, 6.45) is 5.06. The van der Waals surface area contributed by atoms with Crippen LogP contribution in [0.3, 0.4) is 0 Å². The molecule has 0 bridgehead atoms. The number of fused-ring (bicyclic) bond motifs is 1. The fourth-order valence-corrected chi connectivity index (χ4v) is 3.70. The van der Waals surface area contributed by atoms with Crippen molar-refractivity contribution < 1.29 is 9.84 Å². The van der Waals surface area contributed by atoms with Gasteiger partial charge in [-0.25, -0.2) is 4.98 Å². The minimum absolute atomic E-state index is 0.199. The molecular weight excluding hydrogens is 340 g/mol. The third kappa shape index (κ3) is 3.25. The highest BCUT2D eigenvalue weighted by Gasteiger charge is 2.21. The van der Waals surface area contributed by atoms with Gasteiger partial charge in [-0.05, 0) is 42.5 Å². The van der Waals surface area contributed by atoms with Crippen LogP contribution in [0, 0.1) is 0 Å². The highest BCUT2D eigenvalue weighted by atomic mass is 16.5. The van der Waals surface area contributed by atoms with Gasteiger partial charge in [-0.3, -0.25) is 0 Å². The van der Waals surface area contributed by atoms with Crippen LogP contribution in [-0.4, -0.2) is 46.0 Å². The van der Waals surface area contributed by atoms with Gasteiger partial charge in [0, 0.05) is 24.8 Å². The van der Waals surface area contributed by atoms with Crippen molar-refractivity contribution in [2.24, 2.45) is 0 Å². The molecule has 0 amide bonds. The van der Waals surface area contributed by atoms with Crippen molar-refractivity contribution in [3.8, 4) is 16.9 Å². The van der Waals surface area contributed by atoms with E-state index < -0.39 is 0 Å². The number of piperidine rings is 1. The number of benzene rings is 1. The molecule has 1 N–H and O–H groups in total. The van der Waals surface area contributed by atoms with Gasteiger partial charge < -0.3 is 14.7 Å². The number of aliphatic hydroxyl groups excluding tert-OH is 1. The van der Waals surface area contributed by atoms with E-state index in [9.17, 15) is 5.11 Å². The van der Waals surface area contributed by atoms with E-state index in [1.54, 1.807) is 7.11 Å². The van der Waals surface area contributed by atoms with E-state index in [2.05, 4.69) is 41.0 Å². The predicted octanol–water partition coefficient (Wildman–Crippen LogP) is 3.49. The van der Waals surface area contributed by atoms with E-state index in [1.165, 1.54) is 5.56 Å². The van der Waals surface area contributed by atoms with Gasteiger partial charge in [-0.1, -0.05) is 19.9 Å². The fraction of sp³-hybridized carbons (Fsp3) is 0.429. The van der Waals surface area contributed by atoms with Crippen LogP contribution in [0.5, 0.6) is 5.75 Å². The molecule has 2 aromatic heterocycles. The van der Waals surface area contributed by atoms with Crippen molar-refractivity contribution in [3.63, 3.8) is 0 Å². The number of anilines is 1. The molecule has 1 fully saturated rings. The Morgan fingerprint density at radius 2 is 1.93 bits per heavy atom. The Morgan fingerprint density at radius 3 is 2.63 bits per heavy atom. The Morgan fingerprint density at radius 1 is 1.15 bits per heavy atom. The Bertz CT molecular complexity index is 943. The second-order valence-electron chi connectivity index (χ2n) is 7.43. The first-order valence-electron chi connectivity index (χ1n) is 9.52. The van der Waals surface area contributed by atoms with Crippen molar-refractivity contribution >= 4 is 11.5 Å². The maximum Gasteiger partial charge on any atom is 0.165 e. The molecule has 6 heteroatoms. The van der Waals surface area contributed by atoms with Crippen LogP contribution in [0.25, 0.3) is 16.8 Å². The van der Waals surface area contributed by atoms with Gasteiger partial charge >= 0.3 is 0 Å². The minimum atomic E-state index is -0.199. The van der Waals surface area contributed by atoms with Gasteiger partial charge in [0.1, 0.15) is 11.6 Å². The van der Waals surface area contributed by atoms with Gasteiger partial charge in [0.25, 0.3) is 0 Å². The smallest absolute Gasteiger partial charge is 0.165 e. The van der Waals surface area contributed by atoms with Gasteiger partial charge in [0.2, 0.25) is 0 Å². The second-order valence-corrected chi connectivity index (χ2v) is 7.43. The monoisotopic (exact) mass is 366 g/mol. The van der Waals surface area contributed by atoms with Crippen molar-refractivity contribution in [2.45, 2.75) is 38.7 Å². The third-order valence-electron chi connectivity index (χ3n) is 5.35. The number of hydrogen-bond acceptors (Lipinski definition) is 5. The average molecular weight is 366 g/mol. The SMILES string of the molecule is COc1ccc(C(C)C)cc1-c1cnn2c(N3CCC(O)CC3)ccnc12. The minimum Gasteiger partial charge on any atom is -0.496 e. The Labute approximate surface area is 159 Å². The van der Waals surface area contributed by atoms with Crippen LogP contribution < -0.4 is 9.64 Å². The van der Waals surface area contributed by atoms with E-state index in [0.29, 0.717) is 5.92 Å². The molecular formula is C21H26N4O2. The zero-order valence-corrected chi connectivity index (χ0v) is 16.1. The summed E-state index contributed by atoms with van der Waals surface area (Å²) >= 11 is 0. The number of nitrogens with zero attached hydrogens (tertiary/aromatic N) is 4. The van der Waals surface area contributed by atoms with E-state index in [1.807, 2.05) is 29.0 Å². The maximum atomic E-state index is 9.79. The molecule has 0 saturated carbocycles. The molecule has 142 valence electrons.